The van der Waals surface area contributed by atoms with Crippen LogP contribution in [0.15, 0.2) is 22.9 Å². The molecular formula is C14H19NO3. The Balaban J connectivity index is 2.46. The van der Waals surface area contributed by atoms with Crippen molar-refractivity contribution in [3.05, 3.63) is 22.9 Å². The number of fused-ring (bicyclic) bond motifs is 2. The van der Waals surface area contributed by atoms with Crippen LogP contribution in [0.4, 0.5) is 0 Å². The summed E-state index contributed by atoms with van der Waals surface area (Å²) in [6, 6.07) is -0.138. The number of ketones is 1. The molecule has 2 atom stereocenters. The summed E-state index contributed by atoms with van der Waals surface area (Å²) < 4.78 is 4.78. The fourth-order valence-electron chi connectivity index (χ4n) is 2.70. The number of allylic oxidation sites excluding steroid dienone is 1. The molecule has 1 aliphatic carbocycles. The van der Waals surface area contributed by atoms with Gasteiger partial charge in [-0.15, -0.1) is 0 Å². The maximum Gasteiger partial charge on any atom is 0.335 e. The summed E-state index contributed by atoms with van der Waals surface area (Å²) in [6.07, 6.45) is 3.16. The van der Waals surface area contributed by atoms with Crippen LogP contribution in [0.1, 0.15) is 26.7 Å². The first-order chi connectivity index (χ1) is 8.45. The van der Waals surface area contributed by atoms with E-state index in [2.05, 4.69) is 6.92 Å². The van der Waals surface area contributed by atoms with E-state index in [1.807, 2.05) is 18.9 Å². The average Bonchev–Trinajstić information content (AvgIpc) is 2.42. The van der Waals surface area contributed by atoms with Crippen molar-refractivity contribution in [1.29, 1.82) is 0 Å². The van der Waals surface area contributed by atoms with Gasteiger partial charge in [-0.3, -0.25) is 4.79 Å². The molecule has 1 heterocycles. The Bertz CT molecular complexity index is 462. The zero-order valence-electron chi connectivity index (χ0n) is 11.3. The first kappa shape index (κ1) is 12.9. The van der Waals surface area contributed by atoms with E-state index in [4.69, 9.17) is 4.74 Å². The summed E-state index contributed by atoms with van der Waals surface area (Å²) in [7, 11) is 3.19. The van der Waals surface area contributed by atoms with Gasteiger partial charge in [0.1, 0.15) is 0 Å². The van der Waals surface area contributed by atoms with Crippen molar-refractivity contribution in [2.75, 3.05) is 14.2 Å². The highest BCUT2D eigenvalue weighted by atomic mass is 16.5. The molecule has 0 amide bonds. The zero-order chi connectivity index (χ0) is 13.4. The van der Waals surface area contributed by atoms with E-state index in [1.165, 1.54) is 18.3 Å². The summed E-state index contributed by atoms with van der Waals surface area (Å²) in [6.45, 7) is 4.10. The number of carbonyl (C=O) groups excluding carboxylic acids is 2. The molecular weight excluding hydrogens is 230 g/mol. The van der Waals surface area contributed by atoms with Gasteiger partial charge in [-0.2, -0.15) is 0 Å². The molecule has 2 rings (SSSR count). The number of methoxy groups -OCH3 is 1. The van der Waals surface area contributed by atoms with Crippen LogP contribution in [0.2, 0.25) is 0 Å². The number of hydrogen-bond acceptors (Lipinski definition) is 4. The highest BCUT2D eigenvalue weighted by Crippen LogP contribution is 2.35. The molecule has 0 aromatic heterocycles. The van der Waals surface area contributed by atoms with Crippen molar-refractivity contribution in [2.24, 2.45) is 5.92 Å². The first-order valence-corrected chi connectivity index (χ1v) is 6.16. The van der Waals surface area contributed by atoms with Crippen molar-refractivity contribution in [3.8, 4) is 0 Å². The van der Waals surface area contributed by atoms with Gasteiger partial charge in [0.2, 0.25) is 0 Å². The zero-order valence-corrected chi connectivity index (χ0v) is 11.3. The Morgan fingerprint density at radius 3 is 2.56 bits per heavy atom. The lowest BCUT2D eigenvalue weighted by molar-refractivity contribution is -0.139. The lowest BCUT2D eigenvalue weighted by Gasteiger charge is -2.33. The first-order valence-electron chi connectivity index (χ1n) is 6.16. The van der Waals surface area contributed by atoms with Gasteiger partial charge in [0.05, 0.1) is 24.6 Å². The lowest BCUT2D eigenvalue weighted by atomic mass is 9.84. The van der Waals surface area contributed by atoms with Crippen molar-refractivity contribution < 1.29 is 14.3 Å². The second kappa shape index (κ2) is 4.59. The number of hydrogen-bond donors (Lipinski definition) is 0. The van der Waals surface area contributed by atoms with Gasteiger partial charge in [-0.1, -0.05) is 11.1 Å². The van der Waals surface area contributed by atoms with Crippen molar-refractivity contribution in [2.45, 2.75) is 32.7 Å². The fourth-order valence-corrected chi connectivity index (χ4v) is 2.70. The van der Waals surface area contributed by atoms with E-state index < -0.39 is 5.97 Å². The van der Waals surface area contributed by atoms with Crippen molar-refractivity contribution in [3.63, 3.8) is 0 Å². The second-order valence-corrected chi connectivity index (χ2v) is 5.18. The van der Waals surface area contributed by atoms with E-state index in [9.17, 15) is 9.59 Å². The summed E-state index contributed by atoms with van der Waals surface area (Å²) in [5, 5.41) is 0. The Morgan fingerprint density at radius 1 is 1.33 bits per heavy atom. The molecule has 1 aliphatic heterocycles. The molecule has 0 aromatic rings. The Hall–Kier alpha value is -1.58. The summed E-state index contributed by atoms with van der Waals surface area (Å²) in [5.41, 5.74) is 2.94. The molecule has 0 radical (unpaired) electrons. The summed E-state index contributed by atoms with van der Waals surface area (Å²) >= 11 is 0. The molecule has 0 saturated carbocycles. The van der Waals surface area contributed by atoms with Gasteiger partial charge in [-0.25, -0.2) is 4.79 Å². The summed E-state index contributed by atoms with van der Waals surface area (Å²) in [4.78, 5) is 26.1. The predicted octanol–water partition coefficient (Wildman–Crippen LogP) is 1.67. The molecule has 2 aliphatic rings. The Labute approximate surface area is 107 Å². The van der Waals surface area contributed by atoms with Crippen molar-refractivity contribution in [1.82, 2.24) is 4.90 Å². The number of esters is 1. The normalized spacial score (nSPS) is 27.9. The average molecular weight is 249 g/mol. The number of carbonyl (C=O) groups is 2. The number of rotatable bonds is 1. The van der Waals surface area contributed by atoms with Crippen LogP contribution in [0.25, 0.3) is 0 Å². The predicted molar refractivity (Wildman–Crippen MR) is 67.8 cm³/mol. The second-order valence-electron chi connectivity index (χ2n) is 5.18. The van der Waals surface area contributed by atoms with E-state index in [0.29, 0.717) is 12.0 Å². The molecule has 2 bridgehead atoms. The third kappa shape index (κ3) is 1.96. The van der Waals surface area contributed by atoms with Crippen LogP contribution in [0, 0.1) is 5.92 Å². The van der Waals surface area contributed by atoms with E-state index in [0.717, 1.165) is 6.42 Å². The van der Waals surface area contributed by atoms with Gasteiger partial charge < -0.3 is 9.64 Å². The SMILES string of the molecule is COC(=O)C1=CN(C)C2CC(C)=C(C)CC1C2=O. The maximum absolute atomic E-state index is 12.4. The number of likely N-dealkylation sites (N-methyl/N-ethyl adjacent to an activating group) is 1. The van der Waals surface area contributed by atoms with Gasteiger partial charge in [0.15, 0.2) is 5.78 Å². The van der Waals surface area contributed by atoms with Gasteiger partial charge in [-0.05, 0) is 26.7 Å². The van der Waals surface area contributed by atoms with Gasteiger partial charge in [0, 0.05) is 13.2 Å². The highest BCUT2D eigenvalue weighted by molar-refractivity contribution is 6.01. The minimum absolute atomic E-state index is 0.136. The van der Waals surface area contributed by atoms with E-state index in [-0.39, 0.29) is 17.7 Å². The van der Waals surface area contributed by atoms with Crippen LogP contribution in [0.5, 0.6) is 0 Å². The lowest BCUT2D eigenvalue weighted by Crippen LogP contribution is -2.44. The number of nitrogens with zero attached hydrogens (tertiary/aromatic N) is 1. The van der Waals surface area contributed by atoms with Crippen molar-refractivity contribution >= 4 is 11.8 Å². The van der Waals surface area contributed by atoms with Crippen LogP contribution in [-0.4, -0.2) is 36.9 Å². The maximum atomic E-state index is 12.4. The molecule has 0 fully saturated rings. The third-order valence-electron chi connectivity index (χ3n) is 4.04. The molecule has 0 aromatic carbocycles. The van der Waals surface area contributed by atoms with Crippen LogP contribution in [0.3, 0.4) is 0 Å². The third-order valence-corrected chi connectivity index (χ3v) is 4.04. The minimum atomic E-state index is -0.397. The molecule has 98 valence electrons. The Kier molecular flexibility index (Phi) is 3.28. The highest BCUT2D eigenvalue weighted by Gasteiger charge is 2.40. The standard InChI is InChI=1S/C14H19NO3/c1-8-5-10-11(14(17)18-4)7-15(3)12(13(10)16)6-9(8)2/h7,10,12H,5-6H2,1-4H3. The largest absolute Gasteiger partial charge is 0.466 e. The fraction of sp³-hybridized carbons (Fsp3) is 0.571. The molecule has 4 heteroatoms. The number of Topliss-reactive ketones (excluding diaryl/α,β-unsaturated/α-hetero) is 1. The quantitative estimate of drug-likeness (QED) is 0.524. The molecule has 0 spiro atoms. The summed E-state index contributed by atoms with van der Waals surface area (Å²) in [5.74, 6) is -0.598. The smallest absolute Gasteiger partial charge is 0.335 e. The van der Waals surface area contributed by atoms with Gasteiger partial charge in [0.25, 0.3) is 0 Å². The molecule has 4 nitrogen and oxygen atoms in total. The topological polar surface area (TPSA) is 46.6 Å². The molecule has 2 unspecified atom stereocenters. The number of ether oxygens (including phenoxy) is 1. The van der Waals surface area contributed by atoms with E-state index in [1.54, 1.807) is 6.20 Å². The molecule has 0 saturated heterocycles. The van der Waals surface area contributed by atoms with E-state index >= 15 is 0 Å². The molecule has 18 heavy (non-hydrogen) atoms. The minimum Gasteiger partial charge on any atom is -0.466 e. The van der Waals surface area contributed by atoms with Gasteiger partial charge >= 0.3 is 5.97 Å². The monoisotopic (exact) mass is 249 g/mol. The van der Waals surface area contributed by atoms with Crippen LogP contribution in [-0.2, 0) is 14.3 Å². The van der Waals surface area contributed by atoms with Crippen LogP contribution >= 0.6 is 0 Å². The van der Waals surface area contributed by atoms with Crippen LogP contribution < -0.4 is 0 Å². The molecule has 0 N–H and O–H groups in total. The Morgan fingerprint density at radius 2 is 1.94 bits per heavy atom.